The van der Waals surface area contributed by atoms with Gasteiger partial charge in [-0.1, -0.05) is 24.3 Å². The van der Waals surface area contributed by atoms with Gasteiger partial charge in [0.2, 0.25) is 0 Å². The predicted molar refractivity (Wildman–Crippen MR) is 76.9 cm³/mol. The van der Waals surface area contributed by atoms with Gasteiger partial charge in [-0.3, -0.25) is 10.1 Å². The van der Waals surface area contributed by atoms with Gasteiger partial charge in [-0.15, -0.1) is 0 Å². The molecule has 1 aliphatic heterocycles. The lowest BCUT2D eigenvalue weighted by Crippen LogP contribution is -1.97. The van der Waals surface area contributed by atoms with Crippen molar-refractivity contribution in [3.63, 3.8) is 0 Å². The van der Waals surface area contributed by atoms with E-state index in [1.807, 2.05) is 24.3 Å². The summed E-state index contributed by atoms with van der Waals surface area (Å²) in [5.74, 6) is 0.879. The number of ether oxygens (including phenoxy) is 1. The zero-order valence-corrected chi connectivity index (χ0v) is 10.8. The van der Waals surface area contributed by atoms with Crippen molar-refractivity contribution in [2.45, 2.75) is 6.42 Å². The van der Waals surface area contributed by atoms with Gasteiger partial charge >= 0.3 is 0 Å². The van der Waals surface area contributed by atoms with Crippen LogP contribution in [0.25, 0.3) is 11.8 Å². The summed E-state index contributed by atoms with van der Waals surface area (Å²) in [5, 5.41) is 11.3. The van der Waals surface area contributed by atoms with Crippen molar-refractivity contribution < 1.29 is 9.66 Å². The average molecular weight is 267 g/mol. The second-order valence-electron chi connectivity index (χ2n) is 4.62. The maximum Gasteiger partial charge on any atom is 0.277 e. The van der Waals surface area contributed by atoms with Crippen molar-refractivity contribution in [3.8, 4) is 5.75 Å². The van der Waals surface area contributed by atoms with Crippen molar-refractivity contribution in [1.82, 2.24) is 0 Å². The molecule has 0 radical (unpaired) electrons. The van der Waals surface area contributed by atoms with Crippen molar-refractivity contribution in [2.24, 2.45) is 0 Å². The van der Waals surface area contributed by atoms with Gasteiger partial charge in [0.05, 0.1) is 17.1 Å². The first-order valence-electron chi connectivity index (χ1n) is 6.41. The minimum absolute atomic E-state index is 0.101. The van der Waals surface area contributed by atoms with Crippen molar-refractivity contribution in [3.05, 3.63) is 75.3 Å². The van der Waals surface area contributed by atoms with Gasteiger partial charge in [0.25, 0.3) is 5.70 Å². The van der Waals surface area contributed by atoms with Crippen molar-refractivity contribution in [1.29, 1.82) is 0 Å². The Hall–Kier alpha value is -2.62. The molecule has 4 nitrogen and oxygen atoms in total. The van der Waals surface area contributed by atoms with Crippen LogP contribution in [-0.4, -0.2) is 11.5 Å². The molecule has 0 N–H and O–H groups in total. The number of fused-ring (bicyclic) bond motifs is 1. The molecule has 4 heteroatoms. The molecule has 1 heterocycles. The Morgan fingerprint density at radius 1 is 1.20 bits per heavy atom. The smallest absolute Gasteiger partial charge is 0.277 e. The molecule has 0 fully saturated rings. The SMILES string of the molecule is O=[N+]([O-])C(=Cc1ccc2c(c1)CCO2)c1ccccc1. The minimum Gasteiger partial charge on any atom is -0.493 e. The fourth-order valence-corrected chi connectivity index (χ4v) is 2.30. The largest absolute Gasteiger partial charge is 0.493 e. The Kier molecular flexibility index (Phi) is 3.21. The van der Waals surface area contributed by atoms with Crippen LogP contribution in [0.4, 0.5) is 0 Å². The molecule has 0 unspecified atom stereocenters. The number of benzene rings is 2. The fourth-order valence-electron chi connectivity index (χ4n) is 2.30. The zero-order valence-electron chi connectivity index (χ0n) is 10.8. The molecule has 0 spiro atoms. The first-order valence-corrected chi connectivity index (χ1v) is 6.41. The van der Waals surface area contributed by atoms with E-state index in [2.05, 4.69) is 0 Å². The van der Waals surface area contributed by atoms with Gasteiger partial charge in [0, 0.05) is 12.5 Å². The van der Waals surface area contributed by atoms with Crippen LogP contribution >= 0.6 is 0 Å². The number of nitrogens with zero attached hydrogens (tertiary/aromatic N) is 1. The van der Waals surface area contributed by atoms with E-state index >= 15 is 0 Å². The van der Waals surface area contributed by atoms with Crippen LogP contribution in [0.2, 0.25) is 0 Å². The number of hydrogen-bond acceptors (Lipinski definition) is 3. The highest BCUT2D eigenvalue weighted by Crippen LogP contribution is 2.27. The Morgan fingerprint density at radius 3 is 2.75 bits per heavy atom. The summed E-state index contributed by atoms with van der Waals surface area (Å²) in [6.07, 6.45) is 2.46. The van der Waals surface area contributed by atoms with Crippen LogP contribution in [0.1, 0.15) is 16.7 Å². The first kappa shape index (κ1) is 12.4. The number of rotatable bonds is 3. The molecule has 1 aliphatic rings. The Bertz CT molecular complexity index is 677. The molecule has 0 saturated heterocycles. The summed E-state index contributed by atoms with van der Waals surface area (Å²) in [7, 11) is 0. The van der Waals surface area contributed by atoms with E-state index in [4.69, 9.17) is 4.74 Å². The van der Waals surface area contributed by atoms with Gasteiger partial charge in [0.1, 0.15) is 5.75 Å². The second kappa shape index (κ2) is 5.17. The monoisotopic (exact) mass is 267 g/mol. The summed E-state index contributed by atoms with van der Waals surface area (Å²) in [4.78, 5) is 10.9. The highest BCUT2D eigenvalue weighted by Gasteiger charge is 2.16. The third kappa shape index (κ3) is 2.40. The lowest BCUT2D eigenvalue weighted by atomic mass is 10.1. The predicted octanol–water partition coefficient (Wildman–Crippen LogP) is 3.40. The topological polar surface area (TPSA) is 52.4 Å². The molecular formula is C16H13NO3. The third-order valence-corrected chi connectivity index (χ3v) is 3.28. The van der Waals surface area contributed by atoms with Gasteiger partial charge < -0.3 is 4.74 Å². The average Bonchev–Trinajstić information content (AvgIpc) is 2.93. The fraction of sp³-hybridized carbons (Fsp3) is 0.125. The second-order valence-corrected chi connectivity index (χ2v) is 4.62. The molecule has 2 aromatic carbocycles. The lowest BCUT2D eigenvalue weighted by molar-refractivity contribution is -0.374. The van der Waals surface area contributed by atoms with Crippen LogP contribution in [0.3, 0.4) is 0 Å². The number of nitro groups is 1. The minimum atomic E-state index is -0.348. The summed E-state index contributed by atoms with van der Waals surface area (Å²) in [5.41, 5.74) is 2.64. The van der Waals surface area contributed by atoms with E-state index in [9.17, 15) is 10.1 Å². The van der Waals surface area contributed by atoms with E-state index < -0.39 is 0 Å². The normalized spacial score (nSPS) is 13.7. The van der Waals surface area contributed by atoms with E-state index in [1.54, 1.807) is 30.3 Å². The molecule has 0 amide bonds. The maximum absolute atomic E-state index is 11.3. The molecular weight excluding hydrogens is 254 g/mol. The van der Waals surface area contributed by atoms with Crippen molar-refractivity contribution in [2.75, 3.05) is 6.61 Å². The molecule has 0 aliphatic carbocycles. The molecule has 100 valence electrons. The number of hydrogen-bond donors (Lipinski definition) is 0. The molecule has 0 saturated carbocycles. The Balaban J connectivity index is 2.01. The summed E-state index contributed by atoms with van der Waals surface area (Å²) in [6.45, 7) is 0.684. The Morgan fingerprint density at radius 2 is 2.00 bits per heavy atom. The summed E-state index contributed by atoms with van der Waals surface area (Å²) < 4.78 is 5.44. The molecule has 20 heavy (non-hydrogen) atoms. The van der Waals surface area contributed by atoms with Crippen molar-refractivity contribution >= 4 is 11.8 Å². The van der Waals surface area contributed by atoms with E-state index in [1.165, 1.54) is 0 Å². The lowest BCUT2D eigenvalue weighted by Gasteiger charge is -2.02. The maximum atomic E-state index is 11.3. The van der Waals surface area contributed by atoms with Gasteiger partial charge in [0.15, 0.2) is 0 Å². The molecule has 0 bridgehead atoms. The van der Waals surface area contributed by atoms with E-state index in [0.717, 1.165) is 23.3 Å². The summed E-state index contributed by atoms with van der Waals surface area (Å²) in [6, 6.07) is 14.6. The van der Waals surface area contributed by atoms with E-state index in [-0.39, 0.29) is 10.6 Å². The van der Waals surface area contributed by atoms with Crippen LogP contribution in [-0.2, 0) is 6.42 Å². The molecule has 2 aromatic rings. The quantitative estimate of drug-likeness (QED) is 0.486. The van der Waals surface area contributed by atoms with Crippen LogP contribution in [0.15, 0.2) is 48.5 Å². The molecule has 3 rings (SSSR count). The van der Waals surface area contributed by atoms with Crippen LogP contribution < -0.4 is 4.74 Å². The van der Waals surface area contributed by atoms with Gasteiger partial charge in [-0.2, -0.15) is 0 Å². The zero-order chi connectivity index (χ0) is 13.9. The van der Waals surface area contributed by atoms with Crippen LogP contribution in [0.5, 0.6) is 5.75 Å². The highest BCUT2D eigenvalue weighted by atomic mass is 16.6. The molecule has 0 atom stereocenters. The van der Waals surface area contributed by atoms with Crippen LogP contribution in [0, 0.1) is 10.1 Å². The van der Waals surface area contributed by atoms with E-state index in [0.29, 0.717) is 12.2 Å². The first-order chi connectivity index (χ1) is 9.74. The standard InChI is InChI=1S/C16H13NO3/c18-17(19)15(13-4-2-1-3-5-13)11-12-6-7-16-14(10-12)8-9-20-16/h1-7,10-11H,8-9H2. The molecule has 0 aromatic heterocycles. The third-order valence-electron chi connectivity index (χ3n) is 3.28. The van der Waals surface area contributed by atoms with Gasteiger partial charge in [-0.25, -0.2) is 0 Å². The highest BCUT2D eigenvalue weighted by molar-refractivity contribution is 5.76. The Labute approximate surface area is 116 Å². The summed E-state index contributed by atoms with van der Waals surface area (Å²) >= 11 is 0. The van der Waals surface area contributed by atoms with Gasteiger partial charge in [-0.05, 0) is 35.4 Å².